The Morgan fingerprint density at radius 1 is 1.50 bits per heavy atom. The SMILES string of the molecule is C/C=C\c1cnoc1C=N.CC. The zero-order valence-corrected chi connectivity index (χ0v) is 7.66. The lowest BCUT2D eigenvalue weighted by atomic mass is 10.2. The van der Waals surface area contributed by atoms with Gasteiger partial charge < -0.3 is 9.93 Å². The summed E-state index contributed by atoms with van der Waals surface area (Å²) < 4.78 is 4.72. The largest absolute Gasteiger partial charge is 0.355 e. The summed E-state index contributed by atoms with van der Waals surface area (Å²) >= 11 is 0. The normalized spacial score (nSPS) is 9.25. The summed E-state index contributed by atoms with van der Waals surface area (Å²) in [5, 5.41) is 10.4. The topological polar surface area (TPSA) is 49.9 Å². The van der Waals surface area contributed by atoms with E-state index < -0.39 is 0 Å². The number of rotatable bonds is 2. The van der Waals surface area contributed by atoms with Gasteiger partial charge in [0.25, 0.3) is 0 Å². The van der Waals surface area contributed by atoms with Crippen LogP contribution in [0, 0.1) is 5.41 Å². The highest BCUT2D eigenvalue weighted by Gasteiger charge is 1.98. The maximum absolute atomic E-state index is 6.89. The van der Waals surface area contributed by atoms with Crippen molar-refractivity contribution in [1.29, 1.82) is 5.41 Å². The third-order valence-electron chi connectivity index (χ3n) is 1.10. The van der Waals surface area contributed by atoms with Crippen LogP contribution in [0.4, 0.5) is 0 Å². The first-order valence-corrected chi connectivity index (χ1v) is 3.96. The Morgan fingerprint density at radius 2 is 2.17 bits per heavy atom. The summed E-state index contributed by atoms with van der Waals surface area (Å²) in [7, 11) is 0. The molecule has 12 heavy (non-hydrogen) atoms. The van der Waals surface area contributed by atoms with Crippen LogP contribution in [0.25, 0.3) is 6.08 Å². The minimum Gasteiger partial charge on any atom is -0.355 e. The highest BCUT2D eigenvalue weighted by molar-refractivity contribution is 5.79. The van der Waals surface area contributed by atoms with E-state index in [2.05, 4.69) is 5.16 Å². The fourth-order valence-corrected chi connectivity index (χ4v) is 0.671. The highest BCUT2D eigenvalue weighted by Crippen LogP contribution is 2.06. The molecule has 0 amide bonds. The quantitative estimate of drug-likeness (QED) is 0.687. The van der Waals surface area contributed by atoms with Crippen LogP contribution in [-0.2, 0) is 0 Å². The van der Waals surface area contributed by atoms with E-state index in [0.717, 1.165) is 11.8 Å². The molecule has 0 aromatic carbocycles. The van der Waals surface area contributed by atoms with Crippen LogP contribution in [0.15, 0.2) is 16.8 Å². The summed E-state index contributed by atoms with van der Waals surface area (Å²) in [4.78, 5) is 0. The lowest BCUT2D eigenvalue weighted by Crippen LogP contribution is -1.75. The summed E-state index contributed by atoms with van der Waals surface area (Å²) in [5.74, 6) is 0.498. The molecule has 0 aliphatic carbocycles. The fraction of sp³-hybridized carbons (Fsp3) is 0.333. The average Bonchev–Trinajstić information content (AvgIpc) is 2.56. The smallest absolute Gasteiger partial charge is 0.184 e. The van der Waals surface area contributed by atoms with Crippen molar-refractivity contribution in [2.75, 3.05) is 0 Å². The van der Waals surface area contributed by atoms with Crippen molar-refractivity contribution in [3.8, 4) is 0 Å². The Bertz CT molecular complexity index is 251. The first-order chi connectivity index (χ1) is 5.88. The number of aromatic nitrogens is 1. The third kappa shape index (κ3) is 2.70. The van der Waals surface area contributed by atoms with Crippen LogP contribution in [0.1, 0.15) is 32.1 Å². The maximum atomic E-state index is 6.89. The van der Waals surface area contributed by atoms with Crippen molar-refractivity contribution >= 4 is 12.3 Å². The van der Waals surface area contributed by atoms with Crippen LogP contribution in [0.3, 0.4) is 0 Å². The second kappa shape index (κ2) is 6.34. The molecular formula is C9H14N2O. The van der Waals surface area contributed by atoms with Crippen molar-refractivity contribution < 1.29 is 4.52 Å². The Hall–Kier alpha value is -1.38. The Balaban J connectivity index is 0.000000561. The van der Waals surface area contributed by atoms with Crippen LogP contribution in [0.5, 0.6) is 0 Å². The number of nitrogens with zero attached hydrogens (tertiary/aromatic N) is 1. The maximum Gasteiger partial charge on any atom is 0.184 e. The highest BCUT2D eigenvalue weighted by atomic mass is 16.5. The number of hydrogen-bond acceptors (Lipinski definition) is 3. The third-order valence-corrected chi connectivity index (χ3v) is 1.10. The van der Waals surface area contributed by atoms with Crippen LogP contribution in [-0.4, -0.2) is 11.4 Å². The first kappa shape index (κ1) is 10.6. The molecule has 66 valence electrons. The second-order valence-corrected chi connectivity index (χ2v) is 1.79. The van der Waals surface area contributed by atoms with E-state index >= 15 is 0 Å². The lowest BCUT2D eigenvalue weighted by molar-refractivity contribution is 0.414. The van der Waals surface area contributed by atoms with Gasteiger partial charge in [-0.3, -0.25) is 0 Å². The molecule has 1 heterocycles. The molecule has 1 aromatic heterocycles. The predicted octanol–water partition coefficient (Wildman–Crippen LogP) is 2.73. The van der Waals surface area contributed by atoms with Crippen molar-refractivity contribution in [2.45, 2.75) is 20.8 Å². The van der Waals surface area contributed by atoms with Gasteiger partial charge in [-0.1, -0.05) is 31.2 Å². The van der Waals surface area contributed by atoms with Gasteiger partial charge in [-0.25, -0.2) is 0 Å². The Kier molecular flexibility index (Phi) is 5.61. The fourth-order valence-electron chi connectivity index (χ4n) is 0.671. The minimum absolute atomic E-state index is 0.498. The molecule has 1 aromatic rings. The van der Waals surface area contributed by atoms with E-state index in [1.165, 1.54) is 0 Å². The zero-order chi connectivity index (χ0) is 9.40. The minimum atomic E-state index is 0.498. The van der Waals surface area contributed by atoms with E-state index in [-0.39, 0.29) is 0 Å². The molecule has 0 fully saturated rings. The van der Waals surface area contributed by atoms with Gasteiger partial charge in [-0.2, -0.15) is 0 Å². The molecule has 0 aliphatic heterocycles. The van der Waals surface area contributed by atoms with Gasteiger partial charge in [-0.05, 0) is 6.92 Å². The van der Waals surface area contributed by atoms with Crippen LogP contribution in [0.2, 0.25) is 0 Å². The molecule has 0 saturated heterocycles. The lowest BCUT2D eigenvalue weighted by Gasteiger charge is -1.81. The number of nitrogens with one attached hydrogen (secondary N) is 1. The van der Waals surface area contributed by atoms with Crippen molar-refractivity contribution in [1.82, 2.24) is 5.16 Å². The second-order valence-electron chi connectivity index (χ2n) is 1.79. The molecule has 0 radical (unpaired) electrons. The Labute approximate surface area is 72.6 Å². The van der Waals surface area contributed by atoms with Gasteiger partial charge in [-0.15, -0.1) is 0 Å². The first-order valence-electron chi connectivity index (χ1n) is 3.96. The standard InChI is InChI=1S/C7H8N2O.C2H6/c1-2-3-6-5-9-10-7(6)4-8;1-2/h2-5,8H,1H3;1-2H3/b3-2-,8-4?;. The van der Waals surface area contributed by atoms with Gasteiger partial charge in [0.2, 0.25) is 0 Å². The van der Waals surface area contributed by atoms with E-state index in [1.807, 2.05) is 32.9 Å². The summed E-state index contributed by atoms with van der Waals surface area (Å²) in [6.45, 7) is 5.90. The molecule has 1 rings (SSSR count). The van der Waals surface area contributed by atoms with Gasteiger partial charge in [0.15, 0.2) is 5.76 Å². The van der Waals surface area contributed by atoms with Crippen molar-refractivity contribution in [3.05, 3.63) is 23.6 Å². The van der Waals surface area contributed by atoms with Crippen LogP contribution >= 0.6 is 0 Å². The Morgan fingerprint density at radius 3 is 2.67 bits per heavy atom. The summed E-state index contributed by atoms with van der Waals surface area (Å²) in [5.41, 5.74) is 0.845. The molecule has 0 aliphatic rings. The van der Waals surface area contributed by atoms with E-state index in [1.54, 1.807) is 6.20 Å². The molecule has 3 heteroatoms. The van der Waals surface area contributed by atoms with Crippen molar-refractivity contribution in [3.63, 3.8) is 0 Å². The number of allylic oxidation sites excluding steroid dienone is 1. The molecule has 0 spiro atoms. The molecule has 0 bridgehead atoms. The van der Waals surface area contributed by atoms with Gasteiger partial charge >= 0.3 is 0 Å². The molecule has 0 saturated carbocycles. The summed E-state index contributed by atoms with van der Waals surface area (Å²) in [6.07, 6.45) is 6.44. The molecule has 0 unspecified atom stereocenters. The van der Waals surface area contributed by atoms with E-state index in [0.29, 0.717) is 5.76 Å². The van der Waals surface area contributed by atoms with E-state index in [9.17, 15) is 0 Å². The molecule has 1 N–H and O–H groups in total. The van der Waals surface area contributed by atoms with Crippen LogP contribution < -0.4 is 0 Å². The zero-order valence-electron chi connectivity index (χ0n) is 7.66. The average molecular weight is 166 g/mol. The predicted molar refractivity (Wildman–Crippen MR) is 50.4 cm³/mol. The number of hydrogen-bond donors (Lipinski definition) is 1. The van der Waals surface area contributed by atoms with Gasteiger partial charge in [0, 0.05) is 5.56 Å². The molecule has 0 atom stereocenters. The van der Waals surface area contributed by atoms with Crippen molar-refractivity contribution in [2.24, 2.45) is 0 Å². The summed E-state index contributed by atoms with van der Waals surface area (Å²) in [6, 6.07) is 0. The monoisotopic (exact) mass is 166 g/mol. The van der Waals surface area contributed by atoms with Gasteiger partial charge in [0.05, 0.1) is 12.4 Å². The van der Waals surface area contributed by atoms with Gasteiger partial charge in [0.1, 0.15) is 0 Å². The molecule has 3 nitrogen and oxygen atoms in total. The van der Waals surface area contributed by atoms with E-state index in [4.69, 9.17) is 9.93 Å². The molecular weight excluding hydrogens is 152 g/mol.